The number of nitrogens with two attached hydrogens (primary N) is 1. The molecule has 0 bridgehead atoms. The Morgan fingerprint density at radius 3 is 2.25 bits per heavy atom. The minimum absolute atomic E-state index is 0. The van der Waals surface area contributed by atoms with Crippen molar-refractivity contribution in [1.82, 2.24) is 0 Å². The van der Waals surface area contributed by atoms with Gasteiger partial charge in [0.2, 0.25) is 5.91 Å². The molecular formula is C12H19ClN2O. The van der Waals surface area contributed by atoms with Crippen LogP contribution in [0.15, 0.2) is 24.3 Å². The lowest BCUT2D eigenvalue weighted by Crippen LogP contribution is -2.42. The van der Waals surface area contributed by atoms with Crippen molar-refractivity contribution in [2.45, 2.75) is 26.8 Å². The van der Waals surface area contributed by atoms with E-state index in [0.29, 0.717) is 6.54 Å². The fourth-order valence-electron chi connectivity index (χ4n) is 1.44. The maximum atomic E-state index is 11.8. The van der Waals surface area contributed by atoms with E-state index in [1.54, 1.807) is 11.8 Å². The number of hydrogen-bond acceptors (Lipinski definition) is 2. The molecule has 1 rings (SSSR count). The zero-order chi connectivity index (χ0) is 11.4. The van der Waals surface area contributed by atoms with Gasteiger partial charge in [0.1, 0.15) is 0 Å². The molecule has 0 heterocycles. The number of anilines is 1. The first-order valence-electron chi connectivity index (χ1n) is 5.20. The Kier molecular flexibility index (Phi) is 6.08. The molecular weight excluding hydrogens is 224 g/mol. The highest BCUT2D eigenvalue weighted by Gasteiger charge is 2.16. The van der Waals surface area contributed by atoms with Gasteiger partial charge in [-0.3, -0.25) is 4.79 Å². The van der Waals surface area contributed by atoms with Crippen molar-refractivity contribution in [3.05, 3.63) is 29.8 Å². The van der Waals surface area contributed by atoms with Crippen LogP contribution in [0.25, 0.3) is 0 Å². The summed E-state index contributed by atoms with van der Waals surface area (Å²) >= 11 is 0. The van der Waals surface area contributed by atoms with Crippen LogP contribution < -0.4 is 10.6 Å². The molecule has 0 unspecified atom stereocenters. The summed E-state index contributed by atoms with van der Waals surface area (Å²) in [7, 11) is 0. The molecule has 90 valence electrons. The largest absolute Gasteiger partial charge is 0.320 e. The van der Waals surface area contributed by atoms with Gasteiger partial charge in [0.25, 0.3) is 0 Å². The summed E-state index contributed by atoms with van der Waals surface area (Å²) in [6.07, 6.45) is 0. The lowest BCUT2D eigenvalue weighted by atomic mass is 10.2. The summed E-state index contributed by atoms with van der Waals surface area (Å²) in [6.45, 7) is 6.32. The number of carbonyl (C=O) groups is 1. The van der Waals surface area contributed by atoms with Gasteiger partial charge >= 0.3 is 0 Å². The molecule has 0 aliphatic heterocycles. The second-order valence-corrected chi connectivity index (χ2v) is 3.71. The maximum absolute atomic E-state index is 11.8. The number of nitrogens with zero attached hydrogens (tertiary/aromatic N) is 1. The minimum Gasteiger partial charge on any atom is -0.320 e. The Bertz CT molecular complexity index is 335. The molecule has 0 fully saturated rings. The zero-order valence-corrected chi connectivity index (χ0v) is 10.8. The monoisotopic (exact) mass is 242 g/mol. The standard InChI is InChI=1S/C12H18N2O.ClH/c1-4-14(12(15)10(3)13)11-7-5-9(2)6-8-11;/h5-8,10H,4,13H2,1-3H3;1H/t10-;/m0./s1. The van der Waals surface area contributed by atoms with Gasteiger partial charge in [0.05, 0.1) is 6.04 Å². The van der Waals surface area contributed by atoms with Crippen LogP contribution in [-0.4, -0.2) is 18.5 Å². The van der Waals surface area contributed by atoms with Crippen LogP contribution in [0.5, 0.6) is 0 Å². The first-order chi connectivity index (χ1) is 7.06. The first-order valence-corrected chi connectivity index (χ1v) is 5.20. The van der Waals surface area contributed by atoms with Crippen LogP contribution >= 0.6 is 12.4 Å². The fourth-order valence-corrected chi connectivity index (χ4v) is 1.44. The van der Waals surface area contributed by atoms with E-state index in [1.165, 1.54) is 5.56 Å². The van der Waals surface area contributed by atoms with E-state index in [-0.39, 0.29) is 18.3 Å². The normalized spacial score (nSPS) is 11.5. The number of amides is 1. The molecule has 0 aliphatic carbocycles. The number of hydrogen-bond donors (Lipinski definition) is 1. The molecule has 0 radical (unpaired) electrons. The maximum Gasteiger partial charge on any atom is 0.243 e. The van der Waals surface area contributed by atoms with Gasteiger partial charge in [-0.1, -0.05) is 17.7 Å². The smallest absolute Gasteiger partial charge is 0.243 e. The summed E-state index contributed by atoms with van der Waals surface area (Å²) in [5, 5.41) is 0. The van der Waals surface area contributed by atoms with Crippen LogP contribution in [0.2, 0.25) is 0 Å². The molecule has 0 saturated carbocycles. The van der Waals surface area contributed by atoms with Crippen molar-refractivity contribution < 1.29 is 4.79 Å². The SMILES string of the molecule is CCN(C(=O)[C@H](C)N)c1ccc(C)cc1.Cl. The highest BCUT2D eigenvalue weighted by molar-refractivity contribution is 5.96. The molecule has 3 nitrogen and oxygen atoms in total. The number of carbonyl (C=O) groups excluding carboxylic acids is 1. The van der Waals surface area contributed by atoms with Crippen LogP contribution in [-0.2, 0) is 4.79 Å². The Hall–Kier alpha value is -1.06. The molecule has 4 heteroatoms. The number of rotatable bonds is 3. The minimum atomic E-state index is -0.453. The Labute approximate surface area is 103 Å². The number of likely N-dealkylation sites (N-methyl/N-ethyl adjacent to an activating group) is 1. The topological polar surface area (TPSA) is 46.3 Å². The third-order valence-corrected chi connectivity index (χ3v) is 2.32. The number of aryl methyl sites for hydroxylation is 1. The van der Waals surface area contributed by atoms with E-state index in [4.69, 9.17) is 5.73 Å². The average molecular weight is 243 g/mol. The fraction of sp³-hybridized carbons (Fsp3) is 0.417. The van der Waals surface area contributed by atoms with Gasteiger partial charge in [0, 0.05) is 12.2 Å². The predicted molar refractivity (Wildman–Crippen MR) is 70.1 cm³/mol. The van der Waals surface area contributed by atoms with Crippen molar-refractivity contribution in [3.8, 4) is 0 Å². The van der Waals surface area contributed by atoms with Gasteiger partial charge in [-0.15, -0.1) is 12.4 Å². The van der Waals surface area contributed by atoms with Crippen LogP contribution in [0.1, 0.15) is 19.4 Å². The van der Waals surface area contributed by atoms with Crippen LogP contribution in [0, 0.1) is 6.92 Å². The molecule has 0 aliphatic rings. The van der Waals surface area contributed by atoms with Crippen molar-refractivity contribution in [2.24, 2.45) is 5.73 Å². The van der Waals surface area contributed by atoms with Crippen molar-refractivity contribution in [3.63, 3.8) is 0 Å². The van der Waals surface area contributed by atoms with Gasteiger partial charge in [-0.05, 0) is 32.9 Å². The average Bonchev–Trinajstić information content (AvgIpc) is 2.21. The molecule has 0 aromatic heterocycles. The first kappa shape index (κ1) is 14.9. The second kappa shape index (κ2) is 6.51. The van der Waals surface area contributed by atoms with E-state index in [2.05, 4.69) is 0 Å². The van der Waals surface area contributed by atoms with Crippen LogP contribution in [0.4, 0.5) is 5.69 Å². The number of benzene rings is 1. The van der Waals surface area contributed by atoms with Crippen molar-refractivity contribution in [2.75, 3.05) is 11.4 Å². The highest BCUT2D eigenvalue weighted by atomic mass is 35.5. The van der Waals surface area contributed by atoms with E-state index < -0.39 is 6.04 Å². The Balaban J connectivity index is 0.00000225. The van der Waals surface area contributed by atoms with Crippen molar-refractivity contribution in [1.29, 1.82) is 0 Å². The van der Waals surface area contributed by atoms with E-state index in [0.717, 1.165) is 5.69 Å². The molecule has 1 amide bonds. The number of halogens is 1. The van der Waals surface area contributed by atoms with E-state index in [1.807, 2.05) is 38.1 Å². The summed E-state index contributed by atoms with van der Waals surface area (Å²) < 4.78 is 0. The zero-order valence-electron chi connectivity index (χ0n) is 9.93. The Morgan fingerprint density at radius 2 is 1.88 bits per heavy atom. The third kappa shape index (κ3) is 3.51. The van der Waals surface area contributed by atoms with Crippen LogP contribution in [0.3, 0.4) is 0 Å². The third-order valence-electron chi connectivity index (χ3n) is 2.32. The van der Waals surface area contributed by atoms with Gasteiger partial charge < -0.3 is 10.6 Å². The van der Waals surface area contributed by atoms with E-state index >= 15 is 0 Å². The molecule has 1 aromatic rings. The molecule has 16 heavy (non-hydrogen) atoms. The quantitative estimate of drug-likeness (QED) is 0.883. The molecule has 0 saturated heterocycles. The molecule has 0 spiro atoms. The predicted octanol–water partition coefficient (Wildman–Crippen LogP) is 2.12. The lowest BCUT2D eigenvalue weighted by molar-refractivity contribution is -0.119. The molecule has 1 aromatic carbocycles. The Morgan fingerprint density at radius 1 is 1.38 bits per heavy atom. The summed E-state index contributed by atoms with van der Waals surface area (Å²) in [5.41, 5.74) is 7.68. The van der Waals surface area contributed by atoms with E-state index in [9.17, 15) is 4.79 Å². The van der Waals surface area contributed by atoms with Crippen molar-refractivity contribution >= 4 is 24.0 Å². The second-order valence-electron chi connectivity index (χ2n) is 3.71. The van der Waals surface area contributed by atoms with Gasteiger partial charge in [-0.2, -0.15) is 0 Å². The summed E-state index contributed by atoms with van der Waals surface area (Å²) in [6, 6.07) is 7.42. The van der Waals surface area contributed by atoms with Gasteiger partial charge in [-0.25, -0.2) is 0 Å². The highest BCUT2D eigenvalue weighted by Crippen LogP contribution is 2.15. The van der Waals surface area contributed by atoms with Gasteiger partial charge in [0.15, 0.2) is 0 Å². The molecule has 1 atom stereocenters. The molecule has 2 N–H and O–H groups in total. The summed E-state index contributed by atoms with van der Waals surface area (Å²) in [4.78, 5) is 13.5. The lowest BCUT2D eigenvalue weighted by Gasteiger charge is -2.23. The summed E-state index contributed by atoms with van der Waals surface area (Å²) in [5.74, 6) is -0.0404.